The van der Waals surface area contributed by atoms with Gasteiger partial charge in [-0.25, -0.2) is 0 Å². The SMILES string of the molecule is CC(C)(C)c1cccc2c1[Si](C)(C)CC[Si]2(C)C. The molecule has 18 heavy (non-hydrogen) atoms. The summed E-state index contributed by atoms with van der Waals surface area (Å²) in [5, 5.41) is 3.60. The quantitative estimate of drug-likeness (QED) is 0.632. The lowest BCUT2D eigenvalue weighted by Crippen LogP contribution is -2.65. The Morgan fingerprint density at radius 3 is 2.00 bits per heavy atom. The highest BCUT2D eigenvalue weighted by molar-refractivity contribution is 7.03. The van der Waals surface area contributed by atoms with Gasteiger partial charge >= 0.3 is 0 Å². The van der Waals surface area contributed by atoms with Crippen molar-refractivity contribution in [1.82, 2.24) is 0 Å². The van der Waals surface area contributed by atoms with Crippen LogP contribution in [0.2, 0.25) is 38.3 Å². The third kappa shape index (κ3) is 2.25. The van der Waals surface area contributed by atoms with Gasteiger partial charge < -0.3 is 0 Å². The highest BCUT2D eigenvalue weighted by Crippen LogP contribution is 2.30. The van der Waals surface area contributed by atoms with Crippen molar-refractivity contribution in [3.05, 3.63) is 23.8 Å². The van der Waals surface area contributed by atoms with Gasteiger partial charge in [0.05, 0.1) is 16.1 Å². The predicted molar refractivity (Wildman–Crippen MR) is 89.0 cm³/mol. The summed E-state index contributed by atoms with van der Waals surface area (Å²) in [4.78, 5) is 0. The summed E-state index contributed by atoms with van der Waals surface area (Å²) < 4.78 is 0. The molecule has 1 aliphatic rings. The van der Waals surface area contributed by atoms with Crippen LogP contribution in [0.25, 0.3) is 0 Å². The highest BCUT2D eigenvalue weighted by Gasteiger charge is 2.41. The molecule has 0 saturated carbocycles. The first-order valence-corrected chi connectivity index (χ1v) is 13.6. The van der Waals surface area contributed by atoms with Crippen molar-refractivity contribution >= 4 is 26.5 Å². The normalized spacial score (nSPS) is 21.5. The summed E-state index contributed by atoms with van der Waals surface area (Å²) in [5.41, 5.74) is 1.93. The minimum absolute atomic E-state index is 0.289. The molecule has 1 aromatic rings. The number of fused-ring (bicyclic) bond motifs is 1. The van der Waals surface area contributed by atoms with Crippen LogP contribution in [-0.2, 0) is 5.41 Å². The van der Waals surface area contributed by atoms with E-state index in [2.05, 4.69) is 65.2 Å². The lowest BCUT2D eigenvalue weighted by atomic mass is 9.87. The molecule has 0 nitrogen and oxygen atoms in total. The Kier molecular flexibility index (Phi) is 3.18. The molecule has 0 spiro atoms. The molecule has 1 aromatic carbocycles. The maximum atomic E-state index is 2.57. The molecule has 0 saturated heterocycles. The lowest BCUT2D eigenvalue weighted by Gasteiger charge is -2.43. The van der Waals surface area contributed by atoms with E-state index in [9.17, 15) is 0 Å². The summed E-state index contributed by atoms with van der Waals surface area (Å²) in [7, 11) is -2.39. The van der Waals surface area contributed by atoms with Crippen molar-refractivity contribution in [2.75, 3.05) is 0 Å². The van der Waals surface area contributed by atoms with Gasteiger partial charge in [-0.3, -0.25) is 0 Å². The maximum Gasteiger partial charge on any atom is 0.0806 e. The molecule has 0 fully saturated rings. The molecule has 0 N–H and O–H groups in total. The Morgan fingerprint density at radius 1 is 0.889 bits per heavy atom. The summed E-state index contributed by atoms with van der Waals surface area (Å²) >= 11 is 0. The van der Waals surface area contributed by atoms with E-state index in [0.29, 0.717) is 0 Å². The Morgan fingerprint density at radius 2 is 1.44 bits per heavy atom. The summed E-state index contributed by atoms with van der Waals surface area (Å²) in [5.74, 6) is 0. The molecule has 0 aliphatic carbocycles. The first-order valence-electron chi connectivity index (χ1n) is 7.20. The Balaban J connectivity index is 2.76. The van der Waals surface area contributed by atoms with Gasteiger partial charge in [-0.2, -0.15) is 0 Å². The van der Waals surface area contributed by atoms with Crippen molar-refractivity contribution in [3.63, 3.8) is 0 Å². The molecular weight excluding hydrogens is 248 g/mol. The van der Waals surface area contributed by atoms with Gasteiger partial charge in [-0.05, 0) is 11.0 Å². The molecule has 0 bridgehead atoms. The number of rotatable bonds is 0. The zero-order valence-corrected chi connectivity index (χ0v) is 15.1. The second-order valence-corrected chi connectivity index (χ2v) is 17.8. The van der Waals surface area contributed by atoms with Crippen LogP contribution in [-0.4, -0.2) is 16.1 Å². The highest BCUT2D eigenvalue weighted by atomic mass is 28.3. The molecule has 2 heteroatoms. The summed E-state index contributed by atoms with van der Waals surface area (Å²) in [6, 6.07) is 10.1. The van der Waals surface area contributed by atoms with Gasteiger partial charge in [0.25, 0.3) is 0 Å². The van der Waals surface area contributed by atoms with Crippen LogP contribution in [0.4, 0.5) is 0 Å². The second-order valence-electron chi connectivity index (χ2n) is 8.25. The molecule has 1 heterocycles. The monoisotopic (exact) mass is 276 g/mol. The lowest BCUT2D eigenvalue weighted by molar-refractivity contribution is 0.594. The third-order valence-corrected chi connectivity index (χ3v) is 12.2. The van der Waals surface area contributed by atoms with Crippen LogP contribution < -0.4 is 10.4 Å². The molecule has 1 aliphatic heterocycles. The van der Waals surface area contributed by atoms with E-state index >= 15 is 0 Å². The van der Waals surface area contributed by atoms with E-state index in [1.165, 1.54) is 12.1 Å². The van der Waals surface area contributed by atoms with Gasteiger partial charge in [0.1, 0.15) is 0 Å². The van der Waals surface area contributed by atoms with Crippen LogP contribution in [0, 0.1) is 0 Å². The third-order valence-electron chi connectivity index (χ3n) is 4.65. The van der Waals surface area contributed by atoms with Crippen LogP contribution in [0.15, 0.2) is 18.2 Å². The summed E-state index contributed by atoms with van der Waals surface area (Å²) in [6.07, 6.45) is 0. The minimum Gasteiger partial charge on any atom is -0.0654 e. The largest absolute Gasteiger partial charge is 0.0806 e. The fourth-order valence-electron chi connectivity index (χ4n) is 3.36. The van der Waals surface area contributed by atoms with Crippen molar-refractivity contribution in [2.24, 2.45) is 0 Å². The van der Waals surface area contributed by atoms with E-state index in [4.69, 9.17) is 0 Å². The average Bonchev–Trinajstić information content (AvgIpc) is 2.23. The smallest absolute Gasteiger partial charge is 0.0654 e. The van der Waals surface area contributed by atoms with E-state index in [-0.39, 0.29) is 5.41 Å². The fraction of sp³-hybridized carbons (Fsp3) is 0.625. The summed E-state index contributed by atoms with van der Waals surface area (Å²) in [6.45, 7) is 17.4. The van der Waals surface area contributed by atoms with Gasteiger partial charge in [0.2, 0.25) is 0 Å². The minimum atomic E-state index is -1.22. The van der Waals surface area contributed by atoms with Crippen molar-refractivity contribution in [2.45, 2.75) is 64.5 Å². The molecule has 0 amide bonds. The number of hydrogen-bond acceptors (Lipinski definition) is 0. The van der Waals surface area contributed by atoms with E-state index in [1.54, 1.807) is 10.8 Å². The zero-order chi connectivity index (χ0) is 13.8. The van der Waals surface area contributed by atoms with Crippen LogP contribution in [0.5, 0.6) is 0 Å². The van der Waals surface area contributed by atoms with E-state index in [0.717, 1.165) is 0 Å². The first-order chi connectivity index (χ1) is 8.06. The van der Waals surface area contributed by atoms with Gasteiger partial charge in [-0.15, -0.1) is 0 Å². The fourth-order valence-corrected chi connectivity index (χ4v) is 14.3. The van der Waals surface area contributed by atoms with E-state index < -0.39 is 16.1 Å². The molecular formula is C16H28Si2. The second kappa shape index (κ2) is 4.07. The van der Waals surface area contributed by atoms with Crippen LogP contribution in [0.1, 0.15) is 26.3 Å². The zero-order valence-electron chi connectivity index (χ0n) is 13.1. The first kappa shape index (κ1) is 14.1. The van der Waals surface area contributed by atoms with Crippen LogP contribution >= 0.6 is 0 Å². The maximum absolute atomic E-state index is 2.57. The van der Waals surface area contributed by atoms with Crippen molar-refractivity contribution in [3.8, 4) is 0 Å². The van der Waals surface area contributed by atoms with Gasteiger partial charge in [0.15, 0.2) is 0 Å². The number of hydrogen-bond donors (Lipinski definition) is 0. The van der Waals surface area contributed by atoms with Crippen LogP contribution in [0.3, 0.4) is 0 Å². The predicted octanol–water partition coefficient (Wildman–Crippen LogP) is 3.83. The Hall–Kier alpha value is -0.346. The van der Waals surface area contributed by atoms with Gasteiger partial charge in [0, 0.05) is 0 Å². The molecule has 0 unspecified atom stereocenters. The number of benzene rings is 1. The van der Waals surface area contributed by atoms with Gasteiger partial charge in [-0.1, -0.05) is 87.6 Å². The standard InChI is InChI=1S/C16H28Si2/c1-16(2,3)13-9-8-10-14-15(13)18(6,7)12-11-17(14,4)5/h8-10H,11-12H2,1-7H3. The molecule has 0 atom stereocenters. The van der Waals surface area contributed by atoms with Crippen molar-refractivity contribution in [1.29, 1.82) is 0 Å². The van der Waals surface area contributed by atoms with E-state index in [1.807, 2.05) is 5.19 Å². The molecule has 100 valence electrons. The topological polar surface area (TPSA) is 0 Å². The Bertz CT molecular complexity index is 450. The average molecular weight is 277 g/mol. The van der Waals surface area contributed by atoms with Crippen molar-refractivity contribution < 1.29 is 0 Å². The molecule has 0 aromatic heterocycles. The molecule has 0 radical (unpaired) electrons. The molecule has 2 rings (SSSR count). The Labute approximate surface area is 115 Å².